The van der Waals surface area contributed by atoms with Crippen LogP contribution in [0, 0.1) is 11.8 Å². The molecule has 1 nitrogen and oxygen atoms in total. The van der Waals surface area contributed by atoms with E-state index in [9.17, 15) is 0 Å². The first-order valence-corrected chi connectivity index (χ1v) is 5.41. The molecule has 0 aliphatic rings. The van der Waals surface area contributed by atoms with Gasteiger partial charge in [0.15, 0.2) is 0 Å². The van der Waals surface area contributed by atoms with Gasteiger partial charge in [-0.05, 0) is 38.5 Å². The summed E-state index contributed by atoms with van der Waals surface area (Å²) >= 11 is 0. The predicted octanol–water partition coefficient (Wildman–Crippen LogP) is 3.39. The van der Waals surface area contributed by atoms with Crippen molar-refractivity contribution in [3.8, 4) is 0 Å². The van der Waals surface area contributed by atoms with Gasteiger partial charge in [-0.1, -0.05) is 31.9 Å². The first kappa shape index (κ1) is 12.7. The second-order valence-electron chi connectivity index (χ2n) is 3.92. The van der Waals surface area contributed by atoms with Gasteiger partial charge < -0.3 is 5.11 Å². The molecule has 0 saturated heterocycles. The smallest absolute Gasteiger partial charge is 0.0433 e. The number of allylic oxidation sites excluding steroid dienone is 2. The maximum atomic E-state index is 8.89. The summed E-state index contributed by atoms with van der Waals surface area (Å²) in [4.78, 5) is 0. The first-order valence-electron chi connectivity index (χ1n) is 5.41. The molecule has 0 saturated carbocycles. The van der Waals surface area contributed by atoms with Gasteiger partial charge in [0, 0.05) is 6.61 Å². The van der Waals surface area contributed by atoms with Crippen molar-refractivity contribution in [2.45, 2.75) is 47.0 Å². The zero-order valence-corrected chi connectivity index (χ0v) is 9.51. The van der Waals surface area contributed by atoms with Crippen LogP contribution in [-0.4, -0.2) is 11.7 Å². The van der Waals surface area contributed by atoms with Gasteiger partial charge in [0.05, 0.1) is 0 Å². The molecule has 0 aliphatic carbocycles. The third-order valence-corrected chi connectivity index (χ3v) is 2.91. The van der Waals surface area contributed by atoms with Crippen LogP contribution < -0.4 is 0 Å². The van der Waals surface area contributed by atoms with E-state index in [1.807, 2.05) is 0 Å². The molecule has 0 amide bonds. The van der Waals surface area contributed by atoms with Crippen molar-refractivity contribution in [2.24, 2.45) is 11.8 Å². The van der Waals surface area contributed by atoms with Crippen molar-refractivity contribution in [3.63, 3.8) is 0 Å². The molecule has 0 aliphatic heterocycles. The summed E-state index contributed by atoms with van der Waals surface area (Å²) in [5, 5.41) is 8.89. The molecule has 13 heavy (non-hydrogen) atoms. The molecule has 0 aromatic rings. The fraction of sp³-hybridized carbons (Fsp3) is 0.833. The van der Waals surface area contributed by atoms with E-state index in [2.05, 4.69) is 33.8 Å². The molecule has 0 spiro atoms. The van der Waals surface area contributed by atoms with Gasteiger partial charge >= 0.3 is 0 Å². The third kappa shape index (κ3) is 4.47. The molecular formula is C12H24O. The Labute approximate surface area is 82.9 Å². The summed E-state index contributed by atoms with van der Waals surface area (Å²) < 4.78 is 0. The molecule has 0 fully saturated rings. The zero-order chi connectivity index (χ0) is 10.3. The molecule has 2 unspecified atom stereocenters. The summed E-state index contributed by atoms with van der Waals surface area (Å²) in [6.07, 6.45) is 5.60. The second kappa shape index (κ2) is 7.14. The second-order valence-corrected chi connectivity index (χ2v) is 3.92. The van der Waals surface area contributed by atoms with Crippen molar-refractivity contribution in [1.29, 1.82) is 0 Å². The quantitative estimate of drug-likeness (QED) is 0.627. The van der Waals surface area contributed by atoms with Crippen LogP contribution in [0.4, 0.5) is 0 Å². The van der Waals surface area contributed by atoms with Crippen LogP contribution in [0.5, 0.6) is 0 Å². The standard InChI is InChI=1S/C12H24O/c1-5-7-12(10(3)6-2)11(4)8-9-13/h6,11-13H,5,7-9H2,1-4H3. The van der Waals surface area contributed by atoms with Crippen LogP contribution in [0.15, 0.2) is 11.6 Å². The van der Waals surface area contributed by atoms with Crippen molar-refractivity contribution in [2.75, 3.05) is 6.61 Å². The van der Waals surface area contributed by atoms with E-state index in [0.717, 1.165) is 6.42 Å². The van der Waals surface area contributed by atoms with Crippen LogP contribution >= 0.6 is 0 Å². The lowest BCUT2D eigenvalue weighted by atomic mass is 9.82. The van der Waals surface area contributed by atoms with Gasteiger partial charge in [0.25, 0.3) is 0 Å². The average Bonchev–Trinajstić information content (AvgIpc) is 2.13. The highest BCUT2D eigenvalue weighted by Gasteiger charge is 2.16. The molecule has 0 radical (unpaired) electrons. The molecule has 0 heterocycles. The number of hydrogen-bond donors (Lipinski definition) is 1. The summed E-state index contributed by atoms with van der Waals surface area (Å²) in [5.41, 5.74) is 1.47. The van der Waals surface area contributed by atoms with Crippen LogP contribution in [0.2, 0.25) is 0 Å². The van der Waals surface area contributed by atoms with Crippen LogP contribution in [0.1, 0.15) is 47.0 Å². The fourth-order valence-electron chi connectivity index (χ4n) is 1.89. The Balaban J connectivity index is 4.22. The summed E-state index contributed by atoms with van der Waals surface area (Å²) in [6, 6.07) is 0. The molecule has 0 rings (SSSR count). The zero-order valence-electron chi connectivity index (χ0n) is 9.51. The van der Waals surface area contributed by atoms with E-state index in [1.165, 1.54) is 18.4 Å². The van der Waals surface area contributed by atoms with Gasteiger partial charge in [0.2, 0.25) is 0 Å². The Bertz CT molecular complexity index is 149. The largest absolute Gasteiger partial charge is 0.396 e. The molecule has 0 aromatic heterocycles. The average molecular weight is 184 g/mol. The van der Waals surface area contributed by atoms with Crippen LogP contribution in [-0.2, 0) is 0 Å². The molecule has 1 N–H and O–H groups in total. The lowest BCUT2D eigenvalue weighted by Crippen LogP contribution is -2.14. The Morgan fingerprint density at radius 3 is 2.38 bits per heavy atom. The molecule has 1 heteroatoms. The van der Waals surface area contributed by atoms with E-state index >= 15 is 0 Å². The number of hydrogen-bond acceptors (Lipinski definition) is 1. The molecule has 2 atom stereocenters. The molecular weight excluding hydrogens is 160 g/mol. The number of aliphatic hydroxyl groups is 1. The van der Waals surface area contributed by atoms with E-state index < -0.39 is 0 Å². The summed E-state index contributed by atoms with van der Waals surface area (Å²) in [6.45, 7) is 9.08. The summed E-state index contributed by atoms with van der Waals surface area (Å²) in [5.74, 6) is 1.28. The van der Waals surface area contributed by atoms with E-state index in [1.54, 1.807) is 0 Å². The van der Waals surface area contributed by atoms with Gasteiger partial charge in [0.1, 0.15) is 0 Å². The highest BCUT2D eigenvalue weighted by Crippen LogP contribution is 2.27. The predicted molar refractivity (Wildman–Crippen MR) is 58.7 cm³/mol. The maximum absolute atomic E-state index is 8.89. The summed E-state index contributed by atoms with van der Waals surface area (Å²) in [7, 11) is 0. The van der Waals surface area contributed by atoms with Gasteiger partial charge in [-0.25, -0.2) is 0 Å². The van der Waals surface area contributed by atoms with Gasteiger partial charge in [-0.3, -0.25) is 0 Å². The topological polar surface area (TPSA) is 20.2 Å². The minimum absolute atomic E-state index is 0.318. The van der Waals surface area contributed by atoms with E-state index in [0.29, 0.717) is 18.4 Å². The lowest BCUT2D eigenvalue weighted by molar-refractivity contribution is 0.235. The Kier molecular flexibility index (Phi) is 6.97. The molecule has 0 aromatic carbocycles. The Morgan fingerprint density at radius 2 is 2.00 bits per heavy atom. The van der Waals surface area contributed by atoms with Crippen molar-refractivity contribution in [1.82, 2.24) is 0 Å². The van der Waals surface area contributed by atoms with Crippen molar-refractivity contribution < 1.29 is 5.11 Å². The van der Waals surface area contributed by atoms with E-state index in [-0.39, 0.29) is 0 Å². The minimum atomic E-state index is 0.318. The van der Waals surface area contributed by atoms with Crippen molar-refractivity contribution >= 4 is 0 Å². The first-order chi connectivity index (χ1) is 6.17. The number of rotatable bonds is 6. The Hall–Kier alpha value is -0.300. The maximum Gasteiger partial charge on any atom is 0.0433 e. The van der Waals surface area contributed by atoms with E-state index in [4.69, 9.17) is 5.11 Å². The lowest BCUT2D eigenvalue weighted by Gasteiger charge is -2.23. The highest BCUT2D eigenvalue weighted by atomic mass is 16.3. The molecule has 78 valence electrons. The monoisotopic (exact) mass is 184 g/mol. The SMILES string of the molecule is CC=C(C)C(CCC)C(C)CCO. The normalized spacial score (nSPS) is 17.2. The third-order valence-electron chi connectivity index (χ3n) is 2.91. The van der Waals surface area contributed by atoms with Crippen molar-refractivity contribution in [3.05, 3.63) is 11.6 Å². The number of aliphatic hydroxyl groups excluding tert-OH is 1. The molecule has 0 bridgehead atoms. The van der Waals surface area contributed by atoms with Crippen LogP contribution in [0.3, 0.4) is 0 Å². The Morgan fingerprint density at radius 1 is 1.38 bits per heavy atom. The fourth-order valence-corrected chi connectivity index (χ4v) is 1.89. The van der Waals surface area contributed by atoms with Crippen LogP contribution in [0.25, 0.3) is 0 Å². The van der Waals surface area contributed by atoms with Gasteiger partial charge in [-0.15, -0.1) is 0 Å². The highest BCUT2D eigenvalue weighted by molar-refractivity contribution is 5.03. The minimum Gasteiger partial charge on any atom is -0.396 e. The van der Waals surface area contributed by atoms with Gasteiger partial charge in [-0.2, -0.15) is 0 Å².